The molecule has 0 unspecified atom stereocenters. The van der Waals surface area contributed by atoms with E-state index in [0.717, 1.165) is 5.69 Å². The van der Waals surface area contributed by atoms with Crippen molar-refractivity contribution >= 4 is 51.6 Å². The zero-order valence-electron chi connectivity index (χ0n) is 16.8. The second-order valence-electron chi connectivity index (χ2n) is 6.65. The molecule has 2 atom stereocenters. The molecule has 3 rings (SSSR count). The van der Waals surface area contributed by atoms with Crippen molar-refractivity contribution in [3.8, 4) is 0 Å². The highest BCUT2D eigenvalue weighted by Crippen LogP contribution is 2.25. The molecule has 0 radical (unpaired) electrons. The lowest BCUT2D eigenvalue weighted by molar-refractivity contribution is -0.115. The van der Waals surface area contributed by atoms with Gasteiger partial charge < -0.3 is 15.2 Å². The molecule has 0 saturated carbocycles. The van der Waals surface area contributed by atoms with Gasteiger partial charge >= 0.3 is 0 Å². The molecule has 2 heterocycles. The minimum atomic E-state index is -0.399. The maximum Gasteiger partial charge on any atom is 0.251 e. The molecule has 11 heteroatoms. The molecule has 0 aliphatic heterocycles. The lowest BCUT2D eigenvalue weighted by Gasteiger charge is -2.14. The molecular formula is C19H21ClN6O2S2. The molecule has 2 N–H and O–H groups in total. The van der Waals surface area contributed by atoms with Gasteiger partial charge in [-0.1, -0.05) is 23.4 Å². The number of anilines is 1. The molecule has 8 nitrogen and oxygen atoms in total. The van der Waals surface area contributed by atoms with Gasteiger partial charge in [-0.15, -0.1) is 21.5 Å². The van der Waals surface area contributed by atoms with Gasteiger partial charge in [0.2, 0.25) is 5.91 Å². The number of halogens is 1. The predicted octanol–water partition coefficient (Wildman–Crippen LogP) is 3.84. The van der Waals surface area contributed by atoms with Gasteiger partial charge in [-0.25, -0.2) is 4.98 Å². The van der Waals surface area contributed by atoms with Crippen molar-refractivity contribution in [2.45, 2.75) is 37.2 Å². The summed E-state index contributed by atoms with van der Waals surface area (Å²) in [4.78, 5) is 29.1. The smallest absolute Gasteiger partial charge is 0.251 e. The lowest BCUT2D eigenvalue weighted by Crippen LogP contribution is -2.28. The van der Waals surface area contributed by atoms with Gasteiger partial charge in [0.15, 0.2) is 16.1 Å². The first-order valence-corrected chi connectivity index (χ1v) is 11.2. The highest BCUT2D eigenvalue weighted by atomic mass is 35.5. The van der Waals surface area contributed by atoms with E-state index in [1.165, 1.54) is 23.1 Å². The normalized spacial score (nSPS) is 13.0. The van der Waals surface area contributed by atoms with E-state index in [1.807, 2.05) is 19.2 Å². The van der Waals surface area contributed by atoms with Crippen LogP contribution in [0, 0.1) is 6.92 Å². The second kappa shape index (κ2) is 9.59. The van der Waals surface area contributed by atoms with Crippen LogP contribution in [0.25, 0.3) is 0 Å². The summed E-state index contributed by atoms with van der Waals surface area (Å²) < 4.78 is 1.77. The summed E-state index contributed by atoms with van der Waals surface area (Å²) in [5.74, 6) is 0.189. The van der Waals surface area contributed by atoms with Gasteiger partial charge in [0.05, 0.1) is 17.0 Å². The number of aryl methyl sites for hydroxylation is 1. The Balaban J connectivity index is 1.62. The lowest BCUT2D eigenvalue weighted by atomic mass is 10.2. The molecule has 1 aromatic carbocycles. The van der Waals surface area contributed by atoms with Gasteiger partial charge in [0, 0.05) is 23.0 Å². The fourth-order valence-corrected chi connectivity index (χ4v) is 4.22. The summed E-state index contributed by atoms with van der Waals surface area (Å²) >= 11 is 8.54. The molecule has 30 heavy (non-hydrogen) atoms. The number of benzene rings is 1. The van der Waals surface area contributed by atoms with Crippen LogP contribution in [-0.4, -0.2) is 36.8 Å². The van der Waals surface area contributed by atoms with E-state index in [-0.39, 0.29) is 17.9 Å². The van der Waals surface area contributed by atoms with Crippen molar-refractivity contribution in [2.75, 3.05) is 5.32 Å². The number of hydrogen-bond acceptors (Lipinski definition) is 7. The molecule has 0 saturated heterocycles. The van der Waals surface area contributed by atoms with Crippen LogP contribution < -0.4 is 10.6 Å². The number of rotatable bonds is 7. The summed E-state index contributed by atoms with van der Waals surface area (Å²) in [7, 11) is 1.80. The average Bonchev–Trinajstić information content (AvgIpc) is 3.27. The van der Waals surface area contributed by atoms with Crippen molar-refractivity contribution in [1.82, 2.24) is 25.1 Å². The summed E-state index contributed by atoms with van der Waals surface area (Å²) in [6.07, 6.45) is 0. The molecule has 2 aromatic heterocycles. The molecule has 2 amide bonds. The maximum atomic E-state index is 12.4. The van der Waals surface area contributed by atoms with Gasteiger partial charge in [-0.05, 0) is 45.0 Å². The Morgan fingerprint density at radius 1 is 1.20 bits per heavy atom. The van der Waals surface area contributed by atoms with Crippen molar-refractivity contribution < 1.29 is 9.59 Å². The zero-order valence-corrected chi connectivity index (χ0v) is 19.2. The monoisotopic (exact) mass is 464 g/mol. The Morgan fingerprint density at radius 3 is 2.53 bits per heavy atom. The Morgan fingerprint density at radius 2 is 1.90 bits per heavy atom. The van der Waals surface area contributed by atoms with Crippen molar-refractivity contribution in [2.24, 2.45) is 7.05 Å². The van der Waals surface area contributed by atoms with Crippen LogP contribution >= 0.6 is 34.7 Å². The highest BCUT2D eigenvalue weighted by Gasteiger charge is 2.22. The van der Waals surface area contributed by atoms with Crippen LogP contribution in [0.5, 0.6) is 0 Å². The Labute approximate surface area is 187 Å². The van der Waals surface area contributed by atoms with E-state index in [9.17, 15) is 9.59 Å². The molecule has 0 spiro atoms. The van der Waals surface area contributed by atoms with Crippen LogP contribution in [0.4, 0.5) is 5.13 Å². The number of hydrogen-bond donors (Lipinski definition) is 2. The molecule has 0 aliphatic rings. The zero-order chi connectivity index (χ0) is 21.8. The second-order valence-corrected chi connectivity index (χ2v) is 9.25. The third-order valence-corrected chi connectivity index (χ3v) is 6.47. The summed E-state index contributed by atoms with van der Waals surface area (Å²) in [6.45, 7) is 5.49. The number of nitrogens with zero attached hydrogens (tertiary/aromatic N) is 4. The van der Waals surface area contributed by atoms with Crippen LogP contribution in [0.2, 0.25) is 5.02 Å². The van der Waals surface area contributed by atoms with Gasteiger partial charge in [-0.3, -0.25) is 9.59 Å². The van der Waals surface area contributed by atoms with Gasteiger partial charge in [0.25, 0.3) is 5.91 Å². The first kappa shape index (κ1) is 22.3. The van der Waals surface area contributed by atoms with Gasteiger partial charge in [0.1, 0.15) is 0 Å². The largest absolute Gasteiger partial charge is 0.342 e. The number of amides is 2. The fraction of sp³-hybridized carbons (Fsp3) is 0.316. The topological polar surface area (TPSA) is 102 Å². The van der Waals surface area contributed by atoms with E-state index < -0.39 is 5.25 Å². The van der Waals surface area contributed by atoms with Crippen molar-refractivity contribution in [3.05, 3.63) is 51.7 Å². The van der Waals surface area contributed by atoms with E-state index in [4.69, 9.17) is 11.6 Å². The maximum absolute atomic E-state index is 12.4. The SMILES string of the molecule is Cc1csc(NC(=O)[C@H](C)Sc2nnc([C@@H](C)NC(=O)c3ccc(Cl)cc3)n2C)n1. The quantitative estimate of drug-likeness (QED) is 0.515. The van der Waals surface area contributed by atoms with E-state index in [2.05, 4.69) is 25.8 Å². The van der Waals surface area contributed by atoms with Crippen molar-refractivity contribution in [3.63, 3.8) is 0 Å². The third kappa shape index (κ3) is 5.38. The minimum absolute atomic E-state index is 0.164. The Bertz CT molecular complexity index is 1050. The summed E-state index contributed by atoms with van der Waals surface area (Å²) in [6, 6.07) is 6.27. The number of thioether (sulfide) groups is 1. The fourth-order valence-electron chi connectivity index (χ4n) is 2.58. The minimum Gasteiger partial charge on any atom is -0.342 e. The molecular weight excluding hydrogens is 444 g/mol. The molecule has 158 valence electrons. The summed E-state index contributed by atoms with van der Waals surface area (Å²) in [5, 5.41) is 17.3. The van der Waals surface area contributed by atoms with Crippen molar-refractivity contribution in [1.29, 1.82) is 0 Å². The average molecular weight is 465 g/mol. The molecule has 3 aromatic rings. The van der Waals surface area contributed by atoms with Crippen LogP contribution in [0.15, 0.2) is 34.8 Å². The van der Waals surface area contributed by atoms with Crippen LogP contribution in [0.1, 0.15) is 41.8 Å². The van der Waals surface area contributed by atoms with Crippen LogP contribution in [0.3, 0.4) is 0 Å². The highest BCUT2D eigenvalue weighted by molar-refractivity contribution is 8.00. The number of aromatic nitrogens is 4. The first-order valence-electron chi connectivity index (χ1n) is 9.10. The summed E-state index contributed by atoms with van der Waals surface area (Å²) in [5.41, 5.74) is 1.37. The van der Waals surface area contributed by atoms with Gasteiger partial charge in [-0.2, -0.15) is 0 Å². The number of thiazole rings is 1. The third-order valence-electron chi connectivity index (χ3n) is 4.21. The predicted molar refractivity (Wildman–Crippen MR) is 119 cm³/mol. The Hall–Kier alpha value is -2.43. The van der Waals surface area contributed by atoms with Crippen LogP contribution in [-0.2, 0) is 11.8 Å². The Kier molecular flexibility index (Phi) is 7.11. The molecule has 0 aliphatic carbocycles. The number of carbonyl (C=O) groups excluding carboxylic acids is 2. The first-order chi connectivity index (χ1) is 14.2. The molecule has 0 bridgehead atoms. The van der Waals surface area contributed by atoms with E-state index in [0.29, 0.717) is 26.7 Å². The van der Waals surface area contributed by atoms with E-state index >= 15 is 0 Å². The number of nitrogens with one attached hydrogen (secondary N) is 2. The number of carbonyl (C=O) groups is 2. The van der Waals surface area contributed by atoms with E-state index in [1.54, 1.807) is 42.8 Å². The molecule has 0 fully saturated rings. The standard InChI is InChI=1S/C19H21ClN6O2S2/c1-10-9-29-18(21-10)23-16(27)12(3)30-19-25-24-15(26(19)4)11(2)22-17(28)13-5-7-14(20)8-6-13/h5-9,11-12H,1-4H3,(H,22,28)(H,21,23,27)/t11-,12+/m1/s1.